The molecule has 33 heavy (non-hydrogen) atoms. The minimum Gasteiger partial charge on any atom is -0.480 e. The van der Waals surface area contributed by atoms with E-state index >= 15 is 0 Å². The van der Waals surface area contributed by atoms with Crippen LogP contribution in [-0.2, 0) is 9.59 Å². The number of fused-ring (bicyclic) bond motifs is 1. The van der Waals surface area contributed by atoms with Crippen LogP contribution in [-0.4, -0.2) is 54.4 Å². The Morgan fingerprint density at radius 2 is 1.79 bits per heavy atom. The summed E-state index contributed by atoms with van der Waals surface area (Å²) in [5, 5.41) is 18.4. The van der Waals surface area contributed by atoms with Gasteiger partial charge in [-0.2, -0.15) is 10.2 Å². The summed E-state index contributed by atoms with van der Waals surface area (Å²) in [6.07, 6.45) is 2.86. The Morgan fingerprint density at radius 3 is 2.58 bits per heavy atom. The number of carboxylic acid groups (broad SMARTS) is 1. The minimum absolute atomic E-state index is 0.349. The number of hydrogen-bond acceptors (Lipinski definition) is 5. The summed E-state index contributed by atoms with van der Waals surface area (Å²) in [5.41, 5.74) is 3.28. The van der Waals surface area contributed by atoms with Crippen LogP contribution in [0.25, 0.3) is 28.0 Å². The highest BCUT2D eigenvalue weighted by Crippen LogP contribution is 2.34. The first-order chi connectivity index (χ1) is 16.0. The third-order valence-corrected chi connectivity index (χ3v) is 5.79. The van der Waals surface area contributed by atoms with Gasteiger partial charge in [0.15, 0.2) is 0 Å². The van der Waals surface area contributed by atoms with E-state index in [-0.39, 0.29) is 0 Å². The summed E-state index contributed by atoms with van der Waals surface area (Å²) in [7, 11) is 0. The smallest absolute Gasteiger partial charge is 0.323 e. The van der Waals surface area contributed by atoms with Crippen molar-refractivity contribution in [2.45, 2.75) is 18.9 Å². The van der Waals surface area contributed by atoms with Gasteiger partial charge in [-0.25, -0.2) is 9.20 Å². The van der Waals surface area contributed by atoms with Gasteiger partial charge in [0, 0.05) is 24.4 Å². The highest BCUT2D eigenvalue weighted by molar-refractivity contribution is 5.90. The molecule has 1 unspecified atom stereocenters. The summed E-state index contributed by atoms with van der Waals surface area (Å²) in [6, 6.07) is 17.6. The van der Waals surface area contributed by atoms with Gasteiger partial charge in [0.1, 0.15) is 18.3 Å². The molecule has 9 nitrogen and oxygen atoms in total. The molecule has 1 aromatic carbocycles. The van der Waals surface area contributed by atoms with E-state index in [2.05, 4.69) is 5.10 Å². The fourth-order valence-corrected chi connectivity index (χ4v) is 4.30. The second-order valence-electron chi connectivity index (χ2n) is 7.93. The standard InChI is InChI=1S/C24H21N5O4/c30-20-12-11-17(25-29(20)19-10-6-13-27(24(19)33)15-21(31)32)22-18-9-4-5-14-28(18)26-23(22)16-7-2-1-3-8-16/h1-5,7-9,11-12,14,19H,6,10,13,15H2,(H,31,32). The predicted molar refractivity (Wildman–Crippen MR) is 121 cm³/mol. The molecule has 0 aliphatic carbocycles. The third kappa shape index (κ3) is 3.78. The summed E-state index contributed by atoms with van der Waals surface area (Å²) in [6.45, 7) is -0.0434. The first kappa shape index (κ1) is 20.6. The van der Waals surface area contributed by atoms with Crippen LogP contribution in [0.15, 0.2) is 71.7 Å². The Labute approximate surface area is 188 Å². The molecule has 1 fully saturated rings. The molecule has 1 atom stereocenters. The average Bonchev–Trinajstić information content (AvgIpc) is 3.21. The van der Waals surface area contributed by atoms with E-state index in [1.165, 1.54) is 15.6 Å². The highest BCUT2D eigenvalue weighted by atomic mass is 16.4. The Kier molecular flexibility index (Phi) is 5.21. The van der Waals surface area contributed by atoms with Gasteiger partial charge < -0.3 is 10.0 Å². The maximum absolute atomic E-state index is 13.0. The zero-order valence-corrected chi connectivity index (χ0v) is 17.7. The van der Waals surface area contributed by atoms with Crippen LogP contribution >= 0.6 is 0 Å². The van der Waals surface area contributed by atoms with Crippen LogP contribution in [0.2, 0.25) is 0 Å². The monoisotopic (exact) mass is 443 g/mol. The number of aromatic nitrogens is 4. The van der Waals surface area contributed by atoms with E-state index < -0.39 is 30.0 Å². The lowest BCUT2D eigenvalue weighted by Crippen LogP contribution is -2.47. The van der Waals surface area contributed by atoms with Crippen LogP contribution < -0.4 is 5.56 Å². The van der Waals surface area contributed by atoms with Crippen molar-refractivity contribution in [1.82, 2.24) is 24.3 Å². The van der Waals surface area contributed by atoms with Gasteiger partial charge in [-0.1, -0.05) is 36.4 Å². The van der Waals surface area contributed by atoms with Crippen molar-refractivity contribution in [1.29, 1.82) is 0 Å². The number of amides is 1. The van der Waals surface area contributed by atoms with E-state index in [0.717, 1.165) is 16.6 Å². The first-order valence-electron chi connectivity index (χ1n) is 10.7. The number of likely N-dealkylation sites (tertiary alicyclic amines) is 1. The summed E-state index contributed by atoms with van der Waals surface area (Å²) >= 11 is 0. The molecule has 0 spiro atoms. The second kappa shape index (κ2) is 8.34. The van der Waals surface area contributed by atoms with Crippen LogP contribution in [0.3, 0.4) is 0 Å². The second-order valence-corrected chi connectivity index (χ2v) is 7.93. The molecule has 1 saturated heterocycles. The molecule has 1 amide bonds. The lowest BCUT2D eigenvalue weighted by molar-refractivity contribution is -0.147. The van der Waals surface area contributed by atoms with Crippen molar-refractivity contribution >= 4 is 17.4 Å². The van der Waals surface area contributed by atoms with Crippen molar-refractivity contribution in [2.75, 3.05) is 13.1 Å². The maximum Gasteiger partial charge on any atom is 0.323 e. The highest BCUT2D eigenvalue weighted by Gasteiger charge is 2.33. The molecule has 0 saturated carbocycles. The minimum atomic E-state index is -1.09. The number of piperidine rings is 1. The topological polar surface area (TPSA) is 110 Å². The van der Waals surface area contributed by atoms with Gasteiger partial charge >= 0.3 is 5.97 Å². The quantitative estimate of drug-likeness (QED) is 0.507. The molecular formula is C24H21N5O4. The van der Waals surface area contributed by atoms with E-state index in [1.54, 1.807) is 10.6 Å². The zero-order valence-electron chi connectivity index (χ0n) is 17.7. The van der Waals surface area contributed by atoms with Crippen molar-refractivity contribution in [3.8, 4) is 22.5 Å². The number of pyridine rings is 1. The molecular weight excluding hydrogens is 422 g/mol. The van der Waals surface area contributed by atoms with E-state index in [9.17, 15) is 14.4 Å². The third-order valence-electron chi connectivity index (χ3n) is 5.79. The number of carbonyl (C=O) groups is 2. The molecule has 9 heteroatoms. The number of benzene rings is 1. The molecule has 1 aliphatic rings. The molecule has 0 radical (unpaired) electrons. The predicted octanol–water partition coefficient (Wildman–Crippen LogP) is 2.47. The Hall–Kier alpha value is -4.27. The summed E-state index contributed by atoms with van der Waals surface area (Å²) < 4.78 is 2.95. The number of carbonyl (C=O) groups excluding carboxylic acids is 1. The van der Waals surface area contributed by atoms with Crippen LogP contribution in [0.1, 0.15) is 18.9 Å². The average molecular weight is 443 g/mol. The summed E-state index contributed by atoms with van der Waals surface area (Å²) in [5.74, 6) is -1.49. The largest absolute Gasteiger partial charge is 0.480 e. The molecule has 1 N–H and O–H groups in total. The molecule has 166 valence electrons. The molecule has 4 heterocycles. The molecule has 1 aliphatic heterocycles. The van der Waals surface area contributed by atoms with Crippen molar-refractivity contribution in [3.05, 3.63) is 77.2 Å². The van der Waals surface area contributed by atoms with Gasteiger partial charge in [-0.15, -0.1) is 0 Å². The lowest BCUT2D eigenvalue weighted by Gasteiger charge is -2.31. The van der Waals surface area contributed by atoms with E-state index in [0.29, 0.717) is 30.8 Å². The zero-order chi connectivity index (χ0) is 22.9. The maximum atomic E-state index is 13.0. The molecule has 3 aromatic heterocycles. The van der Waals surface area contributed by atoms with Crippen LogP contribution in [0.4, 0.5) is 0 Å². The number of hydrogen-bond donors (Lipinski definition) is 1. The number of aliphatic carboxylic acids is 1. The van der Waals surface area contributed by atoms with Gasteiger partial charge in [-0.3, -0.25) is 14.4 Å². The van der Waals surface area contributed by atoms with Crippen molar-refractivity contribution in [3.63, 3.8) is 0 Å². The van der Waals surface area contributed by atoms with Crippen molar-refractivity contribution in [2.24, 2.45) is 0 Å². The van der Waals surface area contributed by atoms with E-state index in [1.807, 2.05) is 54.7 Å². The number of rotatable bonds is 5. The Morgan fingerprint density at radius 1 is 1.00 bits per heavy atom. The normalized spacial score (nSPS) is 16.3. The molecule has 5 rings (SSSR count). The number of carboxylic acids is 1. The molecule has 0 bridgehead atoms. The van der Waals surface area contributed by atoms with Crippen LogP contribution in [0, 0.1) is 0 Å². The van der Waals surface area contributed by atoms with E-state index in [4.69, 9.17) is 10.2 Å². The van der Waals surface area contributed by atoms with Gasteiger partial charge in [-0.05, 0) is 31.0 Å². The first-order valence-corrected chi connectivity index (χ1v) is 10.7. The molecule has 4 aromatic rings. The van der Waals surface area contributed by atoms with Gasteiger partial charge in [0.05, 0.1) is 16.8 Å². The fourth-order valence-electron chi connectivity index (χ4n) is 4.30. The Bertz CT molecular complexity index is 1410. The van der Waals surface area contributed by atoms with Crippen LogP contribution in [0.5, 0.6) is 0 Å². The fraction of sp³-hybridized carbons (Fsp3) is 0.208. The Balaban J connectivity index is 1.64. The van der Waals surface area contributed by atoms with Crippen molar-refractivity contribution < 1.29 is 14.7 Å². The van der Waals surface area contributed by atoms with Gasteiger partial charge in [0.25, 0.3) is 5.56 Å². The SMILES string of the molecule is O=C(O)CN1CCCC(n2nc(-c3c(-c4ccccc4)nn4ccccc34)ccc2=O)C1=O. The lowest BCUT2D eigenvalue weighted by atomic mass is 10.0. The van der Waals surface area contributed by atoms with Gasteiger partial charge in [0.2, 0.25) is 5.91 Å². The summed E-state index contributed by atoms with van der Waals surface area (Å²) in [4.78, 5) is 38.1. The number of nitrogens with zero attached hydrogens (tertiary/aromatic N) is 5.